The molecule has 3 heterocycles. The van der Waals surface area contributed by atoms with Crippen LogP contribution in [0.5, 0.6) is 0 Å². The molecular weight excluding hydrogens is 351 g/mol. The maximum absolute atomic E-state index is 12.1. The van der Waals surface area contributed by atoms with Gasteiger partial charge in [-0.1, -0.05) is 6.07 Å². The molecule has 1 amide bonds. The number of ketones is 1. The molecule has 0 saturated carbocycles. The van der Waals surface area contributed by atoms with E-state index in [9.17, 15) is 9.59 Å². The first-order valence-corrected chi connectivity index (χ1v) is 7.68. The highest BCUT2D eigenvalue weighted by Crippen LogP contribution is 2.30. The normalized spacial score (nSPS) is 16.6. The molecule has 1 aromatic heterocycles. The van der Waals surface area contributed by atoms with E-state index in [0.29, 0.717) is 13.0 Å². The number of carbonyl (C=O) groups excluding carboxylic acids is 2. The third kappa shape index (κ3) is 2.84. The molecule has 0 spiro atoms. The van der Waals surface area contributed by atoms with Crippen molar-refractivity contribution in [1.82, 2.24) is 14.5 Å². The predicted octanol–water partition coefficient (Wildman–Crippen LogP) is 2.13. The van der Waals surface area contributed by atoms with Crippen molar-refractivity contribution in [1.29, 1.82) is 0 Å². The molecule has 130 valence electrons. The van der Waals surface area contributed by atoms with E-state index in [4.69, 9.17) is 4.98 Å². The van der Waals surface area contributed by atoms with Crippen LogP contribution in [0.2, 0.25) is 0 Å². The van der Waals surface area contributed by atoms with Gasteiger partial charge in [0.1, 0.15) is 0 Å². The number of benzene rings is 1. The molecule has 0 radical (unpaired) electrons. The van der Waals surface area contributed by atoms with Crippen molar-refractivity contribution >= 4 is 53.5 Å². The Morgan fingerprint density at radius 1 is 1.08 bits per heavy atom. The molecule has 0 atom stereocenters. The Morgan fingerprint density at radius 3 is 2.46 bits per heavy atom. The number of aryl methyl sites for hydroxylation is 1. The molecule has 1 aromatic carbocycles. The van der Waals surface area contributed by atoms with Gasteiger partial charge in [0.05, 0.1) is 11.0 Å². The zero-order valence-corrected chi connectivity index (χ0v) is 15.0. The fraction of sp³-hybridized carbons (Fsp3) is 0.438. The Kier molecular flexibility index (Phi) is 5.40. The summed E-state index contributed by atoms with van der Waals surface area (Å²) in [5, 5.41) is 0. The van der Waals surface area contributed by atoms with Crippen LogP contribution in [0.15, 0.2) is 18.2 Å². The van der Waals surface area contributed by atoms with Gasteiger partial charge < -0.3 is 14.4 Å². The van der Waals surface area contributed by atoms with E-state index in [1.807, 2.05) is 23.1 Å². The lowest BCUT2D eigenvalue weighted by molar-refractivity contribution is -0.129. The number of rotatable bonds is 1. The van der Waals surface area contributed by atoms with Gasteiger partial charge in [-0.3, -0.25) is 9.59 Å². The van der Waals surface area contributed by atoms with E-state index in [2.05, 4.69) is 9.47 Å². The molecule has 2 aliphatic rings. The minimum absolute atomic E-state index is 0. The van der Waals surface area contributed by atoms with Gasteiger partial charge in [0.25, 0.3) is 0 Å². The number of anilines is 1. The van der Waals surface area contributed by atoms with Crippen LogP contribution in [-0.2, 0) is 11.3 Å². The molecule has 0 bridgehead atoms. The number of nitrogens with zero attached hydrogens (tertiary/aromatic N) is 4. The Balaban J connectivity index is 0.00000104. The van der Waals surface area contributed by atoms with Crippen LogP contribution in [0.25, 0.3) is 11.0 Å². The van der Waals surface area contributed by atoms with Crippen LogP contribution in [0.4, 0.5) is 5.95 Å². The van der Waals surface area contributed by atoms with E-state index in [1.54, 1.807) is 6.92 Å². The summed E-state index contributed by atoms with van der Waals surface area (Å²) in [6, 6.07) is 5.75. The van der Waals surface area contributed by atoms with E-state index in [1.165, 1.54) is 0 Å². The maximum atomic E-state index is 12.1. The molecule has 4 rings (SSSR count). The number of amides is 1. The Bertz CT molecular complexity index is 782. The quantitative estimate of drug-likeness (QED) is 0.771. The van der Waals surface area contributed by atoms with E-state index < -0.39 is 0 Å². The van der Waals surface area contributed by atoms with Gasteiger partial charge in [-0.25, -0.2) is 4.98 Å². The van der Waals surface area contributed by atoms with Gasteiger partial charge in [-0.15, -0.1) is 24.8 Å². The van der Waals surface area contributed by atoms with Crippen molar-refractivity contribution in [3.63, 3.8) is 0 Å². The van der Waals surface area contributed by atoms with Gasteiger partial charge in [0, 0.05) is 51.6 Å². The lowest BCUT2D eigenvalue weighted by atomic mass is 10.0. The Hall–Kier alpha value is -1.79. The lowest BCUT2D eigenvalue weighted by Crippen LogP contribution is -2.48. The molecule has 2 aliphatic heterocycles. The Labute approximate surface area is 152 Å². The zero-order chi connectivity index (χ0) is 15.3. The Morgan fingerprint density at radius 2 is 1.79 bits per heavy atom. The molecule has 6 nitrogen and oxygen atoms in total. The molecular formula is C16H20Cl2N4O2. The smallest absolute Gasteiger partial charge is 0.219 e. The van der Waals surface area contributed by atoms with Crippen LogP contribution < -0.4 is 4.90 Å². The van der Waals surface area contributed by atoms with Crippen LogP contribution in [0, 0.1) is 0 Å². The van der Waals surface area contributed by atoms with Crippen molar-refractivity contribution in [2.75, 3.05) is 31.1 Å². The van der Waals surface area contributed by atoms with Crippen molar-refractivity contribution < 1.29 is 9.59 Å². The summed E-state index contributed by atoms with van der Waals surface area (Å²) < 4.78 is 2.16. The van der Waals surface area contributed by atoms with Gasteiger partial charge in [0.15, 0.2) is 5.78 Å². The number of para-hydroxylation sites is 1. The topological polar surface area (TPSA) is 58.4 Å². The summed E-state index contributed by atoms with van der Waals surface area (Å²) in [6.07, 6.45) is 0.531. The van der Waals surface area contributed by atoms with E-state index >= 15 is 0 Å². The number of Topliss-reactive ketones (excluding diaryl/α,β-unsaturated/α-hetero) is 1. The number of aromatic nitrogens is 2. The van der Waals surface area contributed by atoms with E-state index in [-0.39, 0.29) is 36.5 Å². The van der Waals surface area contributed by atoms with Crippen LogP contribution in [0.3, 0.4) is 0 Å². The summed E-state index contributed by atoms with van der Waals surface area (Å²) in [6.45, 7) is 5.32. The lowest BCUT2D eigenvalue weighted by Gasteiger charge is -2.35. The second-order valence-electron chi connectivity index (χ2n) is 5.90. The van der Waals surface area contributed by atoms with Crippen LogP contribution in [0.1, 0.15) is 23.7 Å². The molecule has 8 heteroatoms. The van der Waals surface area contributed by atoms with Crippen LogP contribution in [-0.4, -0.2) is 52.3 Å². The average Bonchev–Trinajstić information content (AvgIpc) is 2.91. The molecule has 24 heavy (non-hydrogen) atoms. The second-order valence-corrected chi connectivity index (χ2v) is 5.90. The molecule has 0 unspecified atom stereocenters. The monoisotopic (exact) mass is 370 g/mol. The second kappa shape index (κ2) is 6.99. The number of carbonyl (C=O) groups is 2. The third-order valence-electron chi connectivity index (χ3n) is 4.62. The third-order valence-corrected chi connectivity index (χ3v) is 4.62. The summed E-state index contributed by atoms with van der Waals surface area (Å²) in [5.74, 6) is 1.26. The van der Waals surface area contributed by atoms with Crippen molar-refractivity contribution in [2.24, 2.45) is 0 Å². The minimum atomic E-state index is 0. The van der Waals surface area contributed by atoms with Crippen LogP contribution >= 0.6 is 24.8 Å². The van der Waals surface area contributed by atoms with Crippen molar-refractivity contribution in [3.05, 3.63) is 23.8 Å². The standard InChI is InChI=1S/C16H18N4O2.2ClH/c1-11(21)18-7-9-19(10-8-18)16-17-13-4-2-3-12-14(22)5-6-20(16)15(12)13;;/h2-4H,5-10H2,1H3;2*1H. The number of piperazine rings is 1. The highest BCUT2D eigenvalue weighted by molar-refractivity contribution is 6.08. The average molecular weight is 371 g/mol. The largest absolute Gasteiger partial charge is 0.339 e. The molecule has 2 aromatic rings. The van der Waals surface area contributed by atoms with Crippen molar-refractivity contribution in [3.8, 4) is 0 Å². The van der Waals surface area contributed by atoms with Gasteiger partial charge in [0.2, 0.25) is 11.9 Å². The van der Waals surface area contributed by atoms with E-state index in [0.717, 1.165) is 48.7 Å². The summed E-state index contributed by atoms with van der Waals surface area (Å²) in [4.78, 5) is 32.4. The first kappa shape index (κ1) is 18.5. The number of hydrogen-bond donors (Lipinski definition) is 0. The fourth-order valence-corrected chi connectivity index (χ4v) is 3.42. The van der Waals surface area contributed by atoms with Gasteiger partial charge in [-0.2, -0.15) is 0 Å². The molecule has 1 fully saturated rings. The number of imidazole rings is 1. The number of halogens is 2. The number of hydrogen-bond acceptors (Lipinski definition) is 4. The maximum Gasteiger partial charge on any atom is 0.219 e. The van der Waals surface area contributed by atoms with Gasteiger partial charge in [-0.05, 0) is 12.1 Å². The summed E-state index contributed by atoms with van der Waals surface area (Å²) in [5.41, 5.74) is 2.63. The summed E-state index contributed by atoms with van der Waals surface area (Å²) in [7, 11) is 0. The predicted molar refractivity (Wildman–Crippen MR) is 97.6 cm³/mol. The fourth-order valence-electron chi connectivity index (χ4n) is 3.42. The first-order chi connectivity index (χ1) is 10.6. The van der Waals surface area contributed by atoms with Crippen molar-refractivity contribution in [2.45, 2.75) is 19.9 Å². The molecule has 0 N–H and O–H groups in total. The first-order valence-electron chi connectivity index (χ1n) is 7.68. The minimum Gasteiger partial charge on any atom is -0.339 e. The SMILES string of the molecule is CC(=O)N1CCN(c2nc3cccc4c3n2CCC4=O)CC1.Cl.Cl. The van der Waals surface area contributed by atoms with Gasteiger partial charge >= 0.3 is 0 Å². The molecule has 1 saturated heterocycles. The molecule has 0 aliphatic carbocycles. The highest BCUT2D eigenvalue weighted by atomic mass is 35.5. The highest BCUT2D eigenvalue weighted by Gasteiger charge is 2.27. The summed E-state index contributed by atoms with van der Waals surface area (Å²) >= 11 is 0. The zero-order valence-electron chi connectivity index (χ0n) is 13.4.